The van der Waals surface area contributed by atoms with Gasteiger partial charge in [-0.2, -0.15) is 0 Å². The lowest BCUT2D eigenvalue weighted by Gasteiger charge is -2.15. The highest BCUT2D eigenvalue weighted by Gasteiger charge is 2.03. The van der Waals surface area contributed by atoms with Crippen LogP contribution in [-0.4, -0.2) is 13.1 Å². The molecule has 2 nitrogen and oxygen atoms in total. The van der Waals surface area contributed by atoms with Crippen LogP contribution in [0.5, 0.6) is 0 Å². The molecule has 0 bridgehead atoms. The first kappa shape index (κ1) is 13.9. The Bertz CT molecular complexity index is 499. The zero-order valence-corrected chi connectivity index (χ0v) is 11.8. The minimum atomic E-state index is 0.356. The van der Waals surface area contributed by atoms with Crippen molar-refractivity contribution in [2.24, 2.45) is 0 Å². The normalized spacial score (nSPS) is 12.1. The van der Waals surface area contributed by atoms with Crippen molar-refractivity contribution in [1.82, 2.24) is 5.32 Å². The van der Waals surface area contributed by atoms with Gasteiger partial charge in [0, 0.05) is 19.1 Å². The molecule has 0 saturated carbocycles. The summed E-state index contributed by atoms with van der Waals surface area (Å²) in [6.45, 7) is 3.91. The first-order valence-corrected chi connectivity index (χ1v) is 6.92. The van der Waals surface area contributed by atoms with Crippen molar-refractivity contribution in [1.29, 1.82) is 0 Å². The lowest BCUT2D eigenvalue weighted by molar-refractivity contribution is 0.588. The summed E-state index contributed by atoms with van der Waals surface area (Å²) in [4.78, 5) is 0. The monoisotopic (exact) mass is 274 g/mol. The van der Waals surface area contributed by atoms with Gasteiger partial charge in [0.1, 0.15) is 0 Å². The number of hydrogen-bond acceptors (Lipinski definition) is 2. The molecule has 100 valence electrons. The van der Waals surface area contributed by atoms with Crippen LogP contribution >= 0.6 is 11.6 Å². The van der Waals surface area contributed by atoms with Gasteiger partial charge in [0.25, 0.3) is 0 Å². The number of rotatable bonds is 6. The summed E-state index contributed by atoms with van der Waals surface area (Å²) in [6, 6.07) is 18.6. The highest BCUT2D eigenvalue weighted by Crippen LogP contribution is 2.19. The maximum absolute atomic E-state index is 6.08. The molecule has 0 aromatic heterocycles. The first-order valence-electron chi connectivity index (χ1n) is 6.54. The molecule has 0 aliphatic rings. The van der Waals surface area contributed by atoms with Gasteiger partial charge in [-0.3, -0.25) is 0 Å². The first-order chi connectivity index (χ1) is 9.27. The molecule has 0 saturated heterocycles. The summed E-state index contributed by atoms with van der Waals surface area (Å²) in [6.07, 6.45) is 0. The zero-order chi connectivity index (χ0) is 13.5. The number of para-hydroxylation sites is 1. The van der Waals surface area contributed by atoms with E-state index >= 15 is 0 Å². The Morgan fingerprint density at radius 2 is 1.63 bits per heavy atom. The Balaban J connectivity index is 1.74. The standard InChI is InChI=1S/C16H19ClN2/c1-13(14-7-3-2-4-8-14)18-11-12-19-16-10-6-5-9-15(16)17/h2-10,13,18-19H,11-12H2,1H3. The predicted molar refractivity (Wildman–Crippen MR) is 82.8 cm³/mol. The highest BCUT2D eigenvalue weighted by molar-refractivity contribution is 6.33. The van der Waals surface area contributed by atoms with Crippen LogP contribution in [0.3, 0.4) is 0 Å². The average molecular weight is 275 g/mol. The molecule has 0 heterocycles. The third-order valence-corrected chi connectivity index (χ3v) is 3.39. The van der Waals surface area contributed by atoms with Crippen molar-refractivity contribution in [3.05, 3.63) is 65.2 Å². The van der Waals surface area contributed by atoms with Gasteiger partial charge in [-0.25, -0.2) is 0 Å². The van der Waals surface area contributed by atoms with Crippen LogP contribution in [0.2, 0.25) is 5.02 Å². The molecule has 0 fully saturated rings. The van der Waals surface area contributed by atoms with E-state index in [1.165, 1.54) is 5.56 Å². The highest BCUT2D eigenvalue weighted by atomic mass is 35.5. The average Bonchev–Trinajstić information content (AvgIpc) is 2.46. The third-order valence-electron chi connectivity index (χ3n) is 3.06. The zero-order valence-electron chi connectivity index (χ0n) is 11.1. The van der Waals surface area contributed by atoms with E-state index in [2.05, 4.69) is 41.8 Å². The second kappa shape index (κ2) is 7.17. The van der Waals surface area contributed by atoms with Crippen molar-refractivity contribution in [3.63, 3.8) is 0 Å². The molecule has 19 heavy (non-hydrogen) atoms. The summed E-state index contributed by atoms with van der Waals surface area (Å²) in [5.74, 6) is 0. The fraction of sp³-hybridized carbons (Fsp3) is 0.250. The Kier molecular flexibility index (Phi) is 5.25. The van der Waals surface area contributed by atoms with E-state index in [0.29, 0.717) is 6.04 Å². The molecule has 0 aliphatic carbocycles. The van der Waals surface area contributed by atoms with Gasteiger partial charge in [-0.15, -0.1) is 0 Å². The molecule has 2 aromatic carbocycles. The van der Waals surface area contributed by atoms with Crippen molar-refractivity contribution in [3.8, 4) is 0 Å². The summed E-state index contributed by atoms with van der Waals surface area (Å²) in [5, 5.41) is 7.57. The molecule has 2 rings (SSSR count). The Hall–Kier alpha value is -1.51. The molecule has 0 amide bonds. The maximum atomic E-state index is 6.08. The summed E-state index contributed by atoms with van der Waals surface area (Å²) in [7, 11) is 0. The van der Waals surface area contributed by atoms with Crippen LogP contribution < -0.4 is 10.6 Å². The fourth-order valence-electron chi connectivity index (χ4n) is 1.95. The molecule has 1 atom stereocenters. The van der Waals surface area contributed by atoms with Gasteiger partial charge in [0.15, 0.2) is 0 Å². The molecule has 0 spiro atoms. The minimum absolute atomic E-state index is 0.356. The third kappa shape index (κ3) is 4.27. The molecule has 2 N–H and O–H groups in total. The van der Waals surface area contributed by atoms with Crippen LogP contribution in [0.4, 0.5) is 5.69 Å². The Morgan fingerprint density at radius 1 is 0.947 bits per heavy atom. The summed E-state index contributed by atoms with van der Waals surface area (Å²) >= 11 is 6.08. The van der Waals surface area contributed by atoms with E-state index in [1.807, 2.05) is 30.3 Å². The molecule has 2 aromatic rings. The Morgan fingerprint density at radius 3 is 2.37 bits per heavy atom. The van der Waals surface area contributed by atoms with E-state index in [0.717, 1.165) is 23.8 Å². The van der Waals surface area contributed by atoms with Crippen LogP contribution in [-0.2, 0) is 0 Å². The largest absolute Gasteiger partial charge is 0.383 e. The van der Waals surface area contributed by atoms with Gasteiger partial charge < -0.3 is 10.6 Å². The smallest absolute Gasteiger partial charge is 0.0637 e. The number of benzene rings is 2. The molecule has 0 aliphatic heterocycles. The lowest BCUT2D eigenvalue weighted by Crippen LogP contribution is -2.25. The molecule has 1 unspecified atom stereocenters. The predicted octanol–water partition coefficient (Wildman–Crippen LogP) is 4.10. The fourth-order valence-corrected chi connectivity index (χ4v) is 2.15. The number of hydrogen-bond donors (Lipinski definition) is 2. The van der Waals surface area contributed by atoms with E-state index < -0.39 is 0 Å². The second-order valence-electron chi connectivity index (χ2n) is 4.49. The summed E-state index contributed by atoms with van der Waals surface area (Å²) < 4.78 is 0. The van der Waals surface area contributed by atoms with Crippen molar-refractivity contribution < 1.29 is 0 Å². The van der Waals surface area contributed by atoms with Crippen LogP contribution in [0.15, 0.2) is 54.6 Å². The van der Waals surface area contributed by atoms with Gasteiger partial charge >= 0.3 is 0 Å². The van der Waals surface area contributed by atoms with Crippen molar-refractivity contribution >= 4 is 17.3 Å². The van der Waals surface area contributed by atoms with E-state index in [9.17, 15) is 0 Å². The molecular weight excluding hydrogens is 256 g/mol. The van der Waals surface area contributed by atoms with E-state index in [1.54, 1.807) is 0 Å². The molecule has 3 heteroatoms. The Labute approximate surface area is 119 Å². The SMILES string of the molecule is CC(NCCNc1ccccc1Cl)c1ccccc1. The van der Waals surface area contributed by atoms with Gasteiger partial charge in [-0.05, 0) is 24.6 Å². The van der Waals surface area contributed by atoms with Gasteiger partial charge in [0.2, 0.25) is 0 Å². The minimum Gasteiger partial charge on any atom is -0.383 e. The van der Waals surface area contributed by atoms with Gasteiger partial charge in [-0.1, -0.05) is 54.1 Å². The quantitative estimate of drug-likeness (QED) is 0.775. The molecular formula is C16H19ClN2. The van der Waals surface area contributed by atoms with Crippen LogP contribution in [0.25, 0.3) is 0 Å². The van der Waals surface area contributed by atoms with Crippen molar-refractivity contribution in [2.45, 2.75) is 13.0 Å². The van der Waals surface area contributed by atoms with Crippen LogP contribution in [0.1, 0.15) is 18.5 Å². The van der Waals surface area contributed by atoms with E-state index in [-0.39, 0.29) is 0 Å². The second-order valence-corrected chi connectivity index (χ2v) is 4.90. The summed E-state index contributed by atoms with van der Waals surface area (Å²) in [5.41, 5.74) is 2.29. The van der Waals surface area contributed by atoms with Crippen molar-refractivity contribution in [2.75, 3.05) is 18.4 Å². The number of nitrogens with one attached hydrogen (secondary N) is 2. The lowest BCUT2D eigenvalue weighted by atomic mass is 10.1. The molecule has 0 radical (unpaired) electrons. The topological polar surface area (TPSA) is 24.1 Å². The number of anilines is 1. The van der Waals surface area contributed by atoms with Crippen LogP contribution in [0, 0.1) is 0 Å². The van der Waals surface area contributed by atoms with Gasteiger partial charge in [0.05, 0.1) is 10.7 Å². The maximum Gasteiger partial charge on any atom is 0.0637 e. The van der Waals surface area contributed by atoms with E-state index in [4.69, 9.17) is 11.6 Å². The number of halogens is 1.